The molecule has 0 aromatic rings. The van der Waals surface area contributed by atoms with Gasteiger partial charge in [-0.3, -0.25) is 0 Å². The third-order valence-electron chi connectivity index (χ3n) is 4.84. The Morgan fingerprint density at radius 3 is 1.85 bits per heavy atom. The van der Waals surface area contributed by atoms with Gasteiger partial charge in [0.05, 0.1) is 0 Å². The third kappa shape index (κ3) is 2.99. The number of hydrogen-bond donors (Lipinski definition) is 1. The first-order valence-corrected chi connectivity index (χ1v) is 8.82. The van der Waals surface area contributed by atoms with Gasteiger partial charge in [0.2, 0.25) is 0 Å². The minimum atomic E-state index is -3.23. The third-order valence-corrected chi connectivity index (χ3v) is 6.75. The maximum Gasteiger partial charge on any atom is 0.282 e. The predicted molar refractivity (Wildman–Crippen MR) is 82.1 cm³/mol. The van der Waals surface area contributed by atoms with Gasteiger partial charge in [-0.15, -0.1) is 12.4 Å². The van der Waals surface area contributed by atoms with Gasteiger partial charge in [-0.05, 0) is 43.2 Å². The summed E-state index contributed by atoms with van der Waals surface area (Å²) in [6.45, 7) is 9.06. The van der Waals surface area contributed by atoms with Gasteiger partial charge in [-0.1, -0.05) is 13.8 Å². The van der Waals surface area contributed by atoms with Crippen LogP contribution in [0, 0.1) is 23.7 Å². The normalized spacial score (nSPS) is 39.5. The average Bonchev–Trinajstić information content (AvgIpc) is 2.87. The summed E-state index contributed by atoms with van der Waals surface area (Å²) in [5.74, 6) is 1.99. The monoisotopic (exact) mass is 323 g/mol. The Morgan fingerprint density at radius 1 is 0.900 bits per heavy atom. The molecular weight excluding hydrogens is 298 g/mol. The van der Waals surface area contributed by atoms with Crippen molar-refractivity contribution in [1.82, 2.24) is 13.9 Å². The zero-order chi connectivity index (χ0) is 13.6. The van der Waals surface area contributed by atoms with Gasteiger partial charge in [-0.2, -0.15) is 17.0 Å². The lowest BCUT2D eigenvalue weighted by Crippen LogP contribution is -2.49. The number of piperidine rings is 1. The Labute approximate surface area is 128 Å². The van der Waals surface area contributed by atoms with Crippen LogP contribution in [0.2, 0.25) is 0 Å². The molecule has 7 heteroatoms. The van der Waals surface area contributed by atoms with Crippen LogP contribution < -0.4 is 5.32 Å². The summed E-state index contributed by atoms with van der Waals surface area (Å²) in [6, 6.07) is 0. The van der Waals surface area contributed by atoms with E-state index in [1.807, 2.05) is 0 Å². The molecule has 3 saturated heterocycles. The number of halogens is 1. The van der Waals surface area contributed by atoms with Gasteiger partial charge in [0.15, 0.2) is 0 Å². The lowest BCUT2D eigenvalue weighted by atomic mass is 9.94. The van der Waals surface area contributed by atoms with Crippen LogP contribution in [-0.2, 0) is 10.2 Å². The molecule has 3 rings (SSSR count). The summed E-state index contributed by atoms with van der Waals surface area (Å²) < 4.78 is 28.9. The van der Waals surface area contributed by atoms with Crippen molar-refractivity contribution in [3.05, 3.63) is 0 Å². The summed E-state index contributed by atoms with van der Waals surface area (Å²) >= 11 is 0. The molecule has 1 N–H and O–H groups in total. The van der Waals surface area contributed by atoms with E-state index in [0.717, 1.165) is 19.5 Å². The van der Waals surface area contributed by atoms with Gasteiger partial charge in [0.1, 0.15) is 0 Å². The minimum absolute atomic E-state index is 0. The van der Waals surface area contributed by atoms with E-state index in [4.69, 9.17) is 0 Å². The number of nitrogens with zero attached hydrogens (tertiary/aromatic N) is 2. The molecule has 5 nitrogen and oxygen atoms in total. The van der Waals surface area contributed by atoms with E-state index in [9.17, 15) is 8.42 Å². The topological polar surface area (TPSA) is 52.7 Å². The lowest BCUT2D eigenvalue weighted by Gasteiger charge is -2.36. The van der Waals surface area contributed by atoms with Gasteiger partial charge in [0, 0.05) is 26.2 Å². The number of nitrogens with one attached hydrogen (secondary N) is 1. The van der Waals surface area contributed by atoms with Crippen molar-refractivity contribution in [3.8, 4) is 0 Å². The summed E-state index contributed by atoms with van der Waals surface area (Å²) in [5.41, 5.74) is 0. The van der Waals surface area contributed by atoms with Crippen LogP contribution >= 0.6 is 12.4 Å². The molecule has 0 spiro atoms. The second kappa shape index (κ2) is 6.08. The molecule has 3 fully saturated rings. The summed E-state index contributed by atoms with van der Waals surface area (Å²) in [7, 11) is -3.23. The van der Waals surface area contributed by atoms with E-state index >= 15 is 0 Å². The van der Waals surface area contributed by atoms with E-state index < -0.39 is 10.2 Å². The van der Waals surface area contributed by atoms with Crippen molar-refractivity contribution < 1.29 is 8.42 Å². The molecule has 3 aliphatic rings. The smallest absolute Gasteiger partial charge is 0.282 e. The maximum absolute atomic E-state index is 12.7. The first-order chi connectivity index (χ1) is 8.96. The first-order valence-electron chi connectivity index (χ1n) is 7.42. The van der Waals surface area contributed by atoms with Gasteiger partial charge in [-0.25, -0.2) is 0 Å². The first kappa shape index (κ1) is 16.5. The van der Waals surface area contributed by atoms with Gasteiger partial charge < -0.3 is 5.32 Å². The second-order valence-corrected chi connectivity index (χ2v) is 8.69. The fourth-order valence-corrected chi connectivity index (χ4v) is 5.93. The molecular formula is C13H26ClN3O2S. The Balaban J connectivity index is 0.00000147. The van der Waals surface area contributed by atoms with E-state index in [1.165, 1.54) is 0 Å². The Hall–Kier alpha value is 0.120. The molecule has 0 aromatic heterocycles. The van der Waals surface area contributed by atoms with Crippen LogP contribution in [0.3, 0.4) is 0 Å². The summed E-state index contributed by atoms with van der Waals surface area (Å²) in [4.78, 5) is 0. The highest BCUT2D eigenvalue weighted by atomic mass is 35.5. The molecule has 4 atom stereocenters. The van der Waals surface area contributed by atoms with Crippen molar-refractivity contribution >= 4 is 22.6 Å². The van der Waals surface area contributed by atoms with E-state index in [0.29, 0.717) is 49.9 Å². The van der Waals surface area contributed by atoms with Crippen molar-refractivity contribution in [3.63, 3.8) is 0 Å². The molecule has 3 aliphatic heterocycles. The minimum Gasteiger partial charge on any atom is -0.316 e. The Morgan fingerprint density at radius 2 is 1.35 bits per heavy atom. The number of rotatable bonds is 2. The van der Waals surface area contributed by atoms with Crippen molar-refractivity contribution in [2.24, 2.45) is 23.7 Å². The van der Waals surface area contributed by atoms with Crippen molar-refractivity contribution in [2.75, 3.05) is 39.3 Å². The molecule has 0 bridgehead atoms. The van der Waals surface area contributed by atoms with Crippen LogP contribution in [0.5, 0.6) is 0 Å². The Bertz CT molecular complexity index is 423. The van der Waals surface area contributed by atoms with Crippen LogP contribution in [0.15, 0.2) is 0 Å². The fraction of sp³-hybridized carbons (Fsp3) is 1.00. The average molecular weight is 324 g/mol. The predicted octanol–water partition coefficient (Wildman–Crippen LogP) is 0.782. The molecule has 20 heavy (non-hydrogen) atoms. The highest BCUT2D eigenvalue weighted by Crippen LogP contribution is 2.31. The van der Waals surface area contributed by atoms with Crippen LogP contribution in [-0.4, -0.2) is 56.3 Å². The van der Waals surface area contributed by atoms with E-state index in [1.54, 1.807) is 8.61 Å². The molecule has 118 valence electrons. The van der Waals surface area contributed by atoms with Crippen LogP contribution in [0.25, 0.3) is 0 Å². The standard InChI is InChI=1S/C13H25N3O2S.ClH/c1-10-3-11(2)7-15(6-10)19(17,18)16-8-12-4-14-5-13(12)9-16;/h10-14H,3-9H2,1-2H3;1H/t10?,11?,12-,13+;. The highest BCUT2D eigenvalue weighted by Gasteiger charge is 2.44. The van der Waals surface area contributed by atoms with Gasteiger partial charge in [0.25, 0.3) is 10.2 Å². The molecule has 0 amide bonds. The molecule has 2 unspecified atom stereocenters. The van der Waals surface area contributed by atoms with Crippen LogP contribution in [0.4, 0.5) is 0 Å². The highest BCUT2D eigenvalue weighted by molar-refractivity contribution is 7.86. The Kier molecular flexibility index (Phi) is 5.02. The molecule has 0 radical (unpaired) electrons. The fourth-order valence-electron chi connectivity index (χ4n) is 3.96. The molecule has 0 aromatic carbocycles. The zero-order valence-corrected chi connectivity index (χ0v) is 13.9. The van der Waals surface area contributed by atoms with Crippen LogP contribution in [0.1, 0.15) is 20.3 Å². The van der Waals surface area contributed by atoms with E-state index in [-0.39, 0.29) is 12.4 Å². The zero-order valence-electron chi connectivity index (χ0n) is 12.3. The largest absolute Gasteiger partial charge is 0.316 e. The van der Waals surface area contributed by atoms with Crippen molar-refractivity contribution in [2.45, 2.75) is 20.3 Å². The second-order valence-electron chi connectivity index (χ2n) is 6.77. The molecule has 3 heterocycles. The number of hydrogen-bond acceptors (Lipinski definition) is 3. The summed E-state index contributed by atoms with van der Waals surface area (Å²) in [5, 5.41) is 3.35. The van der Waals surface area contributed by atoms with Gasteiger partial charge >= 0.3 is 0 Å². The molecule has 0 aliphatic carbocycles. The van der Waals surface area contributed by atoms with Crippen molar-refractivity contribution in [1.29, 1.82) is 0 Å². The SMILES string of the molecule is CC1CC(C)CN(S(=O)(=O)N2C[C@H]3CNC[C@H]3C2)C1.Cl. The maximum atomic E-state index is 12.7. The lowest BCUT2D eigenvalue weighted by molar-refractivity contribution is 0.211. The van der Waals surface area contributed by atoms with E-state index in [2.05, 4.69) is 19.2 Å². The number of fused-ring (bicyclic) bond motifs is 1. The summed E-state index contributed by atoms with van der Waals surface area (Å²) in [6.07, 6.45) is 1.14. The molecule has 0 saturated carbocycles. The quantitative estimate of drug-likeness (QED) is 0.817.